The van der Waals surface area contributed by atoms with E-state index in [4.69, 9.17) is 5.73 Å². The van der Waals surface area contributed by atoms with E-state index in [-0.39, 0.29) is 5.25 Å². The number of hydrogen-bond donors (Lipinski definition) is 1. The van der Waals surface area contributed by atoms with E-state index >= 15 is 0 Å². The van der Waals surface area contributed by atoms with Gasteiger partial charge >= 0.3 is 0 Å². The van der Waals surface area contributed by atoms with Gasteiger partial charge in [-0.2, -0.15) is 0 Å². The summed E-state index contributed by atoms with van der Waals surface area (Å²) >= 11 is 0. The molecule has 17 heavy (non-hydrogen) atoms. The van der Waals surface area contributed by atoms with Crippen LogP contribution in [0.15, 0.2) is 0 Å². The lowest BCUT2D eigenvalue weighted by atomic mass is 9.93. The third-order valence-corrected chi connectivity index (χ3v) is 5.70. The molecule has 0 aromatic heterocycles. The second kappa shape index (κ2) is 6.16. The highest BCUT2D eigenvalue weighted by atomic mass is 32.2. The summed E-state index contributed by atoms with van der Waals surface area (Å²) in [5.74, 6) is 0. The third-order valence-electron chi connectivity index (χ3n) is 4.06. The van der Waals surface area contributed by atoms with Crippen LogP contribution in [0.4, 0.5) is 0 Å². The van der Waals surface area contributed by atoms with Gasteiger partial charge < -0.3 is 10.6 Å². The predicted octanol–water partition coefficient (Wildman–Crippen LogP) is 1.01. The summed E-state index contributed by atoms with van der Waals surface area (Å²) in [6.07, 6.45) is 6.07. The Morgan fingerprint density at radius 1 is 1.41 bits per heavy atom. The summed E-state index contributed by atoms with van der Waals surface area (Å²) in [7, 11) is -0.789. The molecule has 3 unspecified atom stereocenters. The van der Waals surface area contributed by atoms with Gasteiger partial charge in [0.2, 0.25) is 0 Å². The van der Waals surface area contributed by atoms with Crippen molar-refractivity contribution in [3.05, 3.63) is 0 Å². The second-order valence-corrected chi connectivity index (χ2v) is 7.69. The molecule has 1 aliphatic carbocycles. The molecule has 1 rings (SSSR count). The smallest absolute Gasteiger partial charge is 0.150 e. The Bertz CT molecular complexity index is 329. The van der Waals surface area contributed by atoms with Crippen molar-refractivity contribution in [3.63, 3.8) is 0 Å². The first kappa shape index (κ1) is 14.9. The van der Waals surface area contributed by atoms with Crippen molar-refractivity contribution in [1.29, 1.82) is 0 Å². The van der Waals surface area contributed by atoms with Crippen LogP contribution in [0.25, 0.3) is 0 Å². The quantitative estimate of drug-likeness (QED) is 0.803. The maximum absolute atomic E-state index is 11.6. The standard InChI is InChI=1S/C12H26N2O2S/c1-10(7-8-13)14(2)11-5-4-6-12(9-11)17(3,15)16/h10-12H,4-9,13H2,1-3H3. The van der Waals surface area contributed by atoms with Crippen molar-refractivity contribution in [2.45, 2.75) is 56.4 Å². The van der Waals surface area contributed by atoms with Crippen molar-refractivity contribution in [2.75, 3.05) is 19.8 Å². The van der Waals surface area contributed by atoms with Crippen LogP contribution in [0.2, 0.25) is 0 Å². The van der Waals surface area contributed by atoms with Gasteiger partial charge in [-0.05, 0) is 46.2 Å². The average Bonchev–Trinajstić information content (AvgIpc) is 2.27. The molecule has 102 valence electrons. The molecule has 1 aliphatic rings. The van der Waals surface area contributed by atoms with Crippen LogP contribution in [0, 0.1) is 0 Å². The first-order valence-corrected chi connectivity index (χ1v) is 8.42. The fourth-order valence-electron chi connectivity index (χ4n) is 2.68. The average molecular weight is 262 g/mol. The van der Waals surface area contributed by atoms with E-state index in [1.807, 2.05) is 0 Å². The van der Waals surface area contributed by atoms with E-state index in [0.717, 1.165) is 32.1 Å². The van der Waals surface area contributed by atoms with E-state index in [9.17, 15) is 8.42 Å². The Labute approximate surface area is 105 Å². The van der Waals surface area contributed by atoms with Crippen molar-refractivity contribution in [3.8, 4) is 0 Å². The fourth-order valence-corrected chi connectivity index (χ4v) is 3.85. The summed E-state index contributed by atoms with van der Waals surface area (Å²) < 4.78 is 23.2. The van der Waals surface area contributed by atoms with Crippen LogP contribution in [-0.2, 0) is 9.84 Å². The van der Waals surface area contributed by atoms with Gasteiger partial charge in [0.1, 0.15) is 9.84 Å². The summed E-state index contributed by atoms with van der Waals surface area (Å²) in [5, 5.41) is -0.145. The minimum atomic E-state index is -2.88. The molecule has 2 N–H and O–H groups in total. The van der Waals surface area contributed by atoms with Gasteiger partial charge in [0.05, 0.1) is 5.25 Å². The Morgan fingerprint density at radius 3 is 2.59 bits per heavy atom. The summed E-state index contributed by atoms with van der Waals surface area (Å²) in [4.78, 5) is 2.31. The lowest BCUT2D eigenvalue weighted by molar-refractivity contribution is 0.143. The molecule has 5 heteroatoms. The molecule has 1 saturated carbocycles. The normalized spacial score (nSPS) is 28.3. The van der Waals surface area contributed by atoms with Gasteiger partial charge in [0.15, 0.2) is 0 Å². The van der Waals surface area contributed by atoms with E-state index in [0.29, 0.717) is 18.6 Å². The maximum atomic E-state index is 11.6. The molecule has 0 amide bonds. The zero-order chi connectivity index (χ0) is 13.1. The van der Waals surface area contributed by atoms with E-state index in [2.05, 4.69) is 18.9 Å². The molecular weight excluding hydrogens is 236 g/mol. The van der Waals surface area contributed by atoms with Crippen LogP contribution >= 0.6 is 0 Å². The summed E-state index contributed by atoms with van der Waals surface area (Å²) in [5.41, 5.74) is 5.57. The highest BCUT2D eigenvalue weighted by Gasteiger charge is 2.31. The van der Waals surface area contributed by atoms with Gasteiger partial charge in [-0.25, -0.2) is 8.42 Å². The van der Waals surface area contributed by atoms with Crippen molar-refractivity contribution in [2.24, 2.45) is 5.73 Å². The van der Waals surface area contributed by atoms with Crippen molar-refractivity contribution >= 4 is 9.84 Å². The van der Waals surface area contributed by atoms with E-state index in [1.165, 1.54) is 6.26 Å². The number of nitrogens with zero attached hydrogens (tertiary/aromatic N) is 1. The monoisotopic (exact) mass is 262 g/mol. The topological polar surface area (TPSA) is 63.4 Å². The van der Waals surface area contributed by atoms with Gasteiger partial charge in [-0.15, -0.1) is 0 Å². The lowest BCUT2D eigenvalue weighted by Crippen LogP contribution is -2.44. The molecule has 1 fully saturated rings. The molecule has 0 saturated heterocycles. The minimum Gasteiger partial charge on any atom is -0.330 e. The van der Waals surface area contributed by atoms with Crippen LogP contribution in [0.1, 0.15) is 39.0 Å². The molecule has 0 radical (unpaired) electrons. The minimum absolute atomic E-state index is 0.145. The van der Waals surface area contributed by atoms with Crippen LogP contribution in [0.5, 0.6) is 0 Å². The van der Waals surface area contributed by atoms with Gasteiger partial charge in [-0.1, -0.05) is 6.42 Å². The largest absolute Gasteiger partial charge is 0.330 e. The van der Waals surface area contributed by atoms with Crippen LogP contribution in [-0.4, -0.2) is 50.5 Å². The van der Waals surface area contributed by atoms with Crippen LogP contribution in [0.3, 0.4) is 0 Å². The zero-order valence-corrected chi connectivity index (χ0v) is 12.0. The van der Waals surface area contributed by atoms with Crippen LogP contribution < -0.4 is 5.73 Å². The third kappa shape index (κ3) is 4.23. The Kier molecular flexibility index (Phi) is 5.41. The maximum Gasteiger partial charge on any atom is 0.150 e. The molecule has 0 aromatic carbocycles. The molecule has 0 aromatic rings. The molecule has 4 nitrogen and oxygen atoms in total. The highest BCUT2D eigenvalue weighted by Crippen LogP contribution is 2.27. The Hall–Kier alpha value is -0.130. The molecule has 3 atom stereocenters. The van der Waals surface area contributed by atoms with E-state index in [1.54, 1.807) is 0 Å². The van der Waals surface area contributed by atoms with Gasteiger partial charge in [-0.3, -0.25) is 0 Å². The van der Waals surface area contributed by atoms with Crippen molar-refractivity contribution < 1.29 is 8.42 Å². The number of hydrogen-bond acceptors (Lipinski definition) is 4. The highest BCUT2D eigenvalue weighted by molar-refractivity contribution is 7.91. The SMILES string of the molecule is CC(CCN)N(C)C1CCCC(S(C)(=O)=O)C1. The van der Waals surface area contributed by atoms with Gasteiger partial charge in [0, 0.05) is 18.3 Å². The molecule has 0 bridgehead atoms. The first-order chi connectivity index (χ1) is 7.86. The second-order valence-electron chi connectivity index (χ2n) is 5.36. The summed E-state index contributed by atoms with van der Waals surface area (Å²) in [6.45, 7) is 2.85. The molecule has 0 spiro atoms. The molecule has 0 heterocycles. The number of rotatable bonds is 5. The Morgan fingerprint density at radius 2 is 2.06 bits per heavy atom. The molecular formula is C12H26N2O2S. The summed E-state index contributed by atoms with van der Waals surface area (Å²) in [6, 6.07) is 0.827. The van der Waals surface area contributed by atoms with E-state index < -0.39 is 9.84 Å². The number of nitrogens with two attached hydrogens (primary N) is 1. The lowest BCUT2D eigenvalue weighted by Gasteiger charge is -2.38. The zero-order valence-electron chi connectivity index (χ0n) is 11.2. The van der Waals surface area contributed by atoms with Crippen molar-refractivity contribution in [1.82, 2.24) is 4.90 Å². The van der Waals surface area contributed by atoms with Gasteiger partial charge in [0.25, 0.3) is 0 Å². The first-order valence-electron chi connectivity index (χ1n) is 6.47. The number of sulfone groups is 1. The predicted molar refractivity (Wildman–Crippen MR) is 71.8 cm³/mol. The Balaban J connectivity index is 2.60. The molecule has 0 aliphatic heterocycles. The fraction of sp³-hybridized carbons (Fsp3) is 1.00.